The van der Waals surface area contributed by atoms with E-state index < -0.39 is 0 Å². The van der Waals surface area contributed by atoms with Crippen molar-refractivity contribution in [1.29, 1.82) is 0 Å². The molecule has 0 spiro atoms. The minimum atomic E-state index is -0.0420. The van der Waals surface area contributed by atoms with Crippen LogP contribution in [0.1, 0.15) is 18.4 Å². The SMILES string of the molecule is CO[C@@H]1CCCN(C(=O)NCc2cn(C)nc2-c2ccccc2)C1. The normalized spacial score (nSPS) is 17.8. The van der Waals surface area contributed by atoms with Crippen LogP contribution in [0.2, 0.25) is 0 Å². The molecule has 2 aromatic rings. The van der Waals surface area contributed by atoms with Crippen molar-refractivity contribution in [1.82, 2.24) is 20.0 Å². The molecule has 1 aromatic heterocycles. The zero-order valence-electron chi connectivity index (χ0n) is 14.2. The number of likely N-dealkylation sites (tertiary alicyclic amines) is 1. The van der Waals surface area contributed by atoms with Crippen LogP contribution in [0.3, 0.4) is 0 Å². The lowest BCUT2D eigenvalue weighted by molar-refractivity contribution is 0.0434. The van der Waals surface area contributed by atoms with Crippen molar-refractivity contribution in [3.05, 3.63) is 42.1 Å². The molecule has 0 unspecified atom stereocenters. The van der Waals surface area contributed by atoms with E-state index in [4.69, 9.17) is 4.74 Å². The second kappa shape index (κ2) is 7.49. The van der Waals surface area contributed by atoms with Gasteiger partial charge in [-0.3, -0.25) is 4.68 Å². The van der Waals surface area contributed by atoms with Gasteiger partial charge in [0.15, 0.2) is 0 Å². The number of urea groups is 1. The van der Waals surface area contributed by atoms with Gasteiger partial charge in [-0.1, -0.05) is 30.3 Å². The molecule has 1 saturated heterocycles. The number of methoxy groups -OCH3 is 1. The first kappa shape index (κ1) is 16.5. The molecule has 1 atom stereocenters. The van der Waals surface area contributed by atoms with E-state index in [1.54, 1.807) is 11.8 Å². The number of benzene rings is 1. The highest BCUT2D eigenvalue weighted by molar-refractivity contribution is 5.74. The van der Waals surface area contributed by atoms with E-state index in [9.17, 15) is 4.79 Å². The number of nitrogens with one attached hydrogen (secondary N) is 1. The van der Waals surface area contributed by atoms with E-state index in [0.717, 1.165) is 36.2 Å². The molecule has 1 aliphatic rings. The molecule has 1 fully saturated rings. The van der Waals surface area contributed by atoms with Gasteiger partial charge >= 0.3 is 6.03 Å². The summed E-state index contributed by atoms with van der Waals surface area (Å²) < 4.78 is 7.16. The number of carbonyl (C=O) groups excluding carboxylic acids is 1. The van der Waals surface area contributed by atoms with Crippen molar-refractivity contribution in [2.75, 3.05) is 20.2 Å². The Balaban J connectivity index is 1.66. The number of nitrogens with zero attached hydrogens (tertiary/aromatic N) is 3. The topological polar surface area (TPSA) is 59.4 Å². The summed E-state index contributed by atoms with van der Waals surface area (Å²) in [6, 6.07) is 9.98. The lowest BCUT2D eigenvalue weighted by Crippen LogP contribution is -2.47. The highest BCUT2D eigenvalue weighted by Gasteiger charge is 2.23. The Kier molecular flexibility index (Phi) is 5.15. The standard InChI is InChI=1S/C18H24N4O2/c1-21-12-15(17(20-21)14-7-4-3-5-8-14)11-19-18(23)22-10-6-9-16(13-22)24-2/h3-5,7-8,12,16H,6,9-11,13H2,1-2H3,(H,19,23)/t16-/m1/s1. The molecular weight excluding hydrogens is 304 g/mol. The largest absolute Gasteiger partial charge is 0.380 e. The van der Waals surface area contributed by atoms with Crippen LogP contribution in [0, 0.1) is 0 Å². The Labute approximate surface area is 142 Å². The van der Waals surface area contributed by atoms with Crippen molar-refractivity contribution >= 4 is 6.03 Å². The maximum atomic E-state index is 12.4. The molecule has 2 amide bonds. The molecule has 128 valence electrons. The first-order valence-electron chi connectivity index (χ1n) is 8.31. The number of amides is 2. The Bertz CT molecular complexity index is 684. The second-order valence-electron chi connectivity index (χ2n) is 6.15. The van der Waals surface area contributed by atoms with Gasteiger partial charge in [-0.25, -0.2) is 4.79 Å². The van der Waals surface area contributed by atoms with E-state index in [1.807, 2.05) is 48.5 Å². The summed E-state index contributed by atoms with van der Waals surface area (Å²) in [5, 5.41) is 7.54. The first-order valence-corrected chi connectivity index (χ1v) is 8.31. The number of ether oxygens (including phenoxy) is 1. The third-order valence-electron chi connectivity index (χ3n) is 4.38. The van der Waals surface area contributed by atoms with Crippen LogP contribution in [0.25, 0.3) is 11.3 Å². The second-order valence-corrected chi connectivity index (χ2v) is 6.15. The third-order valence-corrected chi connectivity index (χ3v) is 4.38. The fourth-order valence-electron chi connectivity index (χ4n) is 3.10. The number of rotatable bonds is 4. The molecule has 0 aliphatic carbocycles. The van der Waals surface area contributed by atoms with Gasteiger partial charge < -0.3 is 15.0 Å². The minimum absolute atomic E-state index is 0.0420. The van der Waals surface area contributed by atoms with Crippen LogP contribution >= 0.6 is 0 Å². The summed E-state index contributed by atoms with van der Waals surface area (Å²) in [7, 11) is 3.60. The van der Waals surface area contributed by atoms with Gasteiger partial charge in [-0.15, -0.1) is 0 Å². The molecule has 1 aromatic carbocycles. The number of carbonyl (C=O) groups is 1. The number of aryl methyl sites for hydroxylation is 1. The highest BCUT2D eigenvalue weighted by Crippen LogP contribution is 2.21. The van der Waals surface area contributed by atoms with Crippen molar-refractivity contribution < 1.29 is 9.53 Å². The average molecular weight is 328 g/mol. The highest BCUT2D eigenvalue weighted by atomic mass is 16.5. The summed E-state index contributed by atoms with van der Waals surface area (Å²) in [4.78, 5) is 14.2. The molecule has 2 heterocycles. The van der Waals surface area contributed by atoms with Crippen LogP contribution in [0.15, 0.2) is 36.5 Å². The van der Waals surface area contributed by atoms with Gasteiger partial charge in [0.25, 0.3) is 0 Å². The maximum Gasteiger partial charge on any atom is 0.317 e. The van der Waals surface area contributed by atoms with E-state index >= 15 is 0 Å². The van der Waals surface area contributed by atoms with Crippen molar-refractivity contribution in [3.63, 3.8) is 0 Å². The minimum Gasteiger partial charge on any atom is -0.380 e. The zero-order chi connectivity index (χ0) is 16.9. The Morgan fingerprint density at radius 1 is 1.38 bits per heavy atom. The lowest BCUT2D eigenvalue weighted by Gasteiger charge is -2.31. The average Bonchev–Trinajstić information content (AvgIpc) is 3.01. The number of hydrogen-bond donors (Lipinski definition) is 1. The molecule has 0 saturated carbocycles. The molecule has 1 N–H and O–H groups in total. The van der Waals surface area contributed by atoms with E-state index in [1.165, 1.54) is 0 Å². The van der Waals surface area contributed by atoms with E-state index in [2.05, 4.69) is 10.4 Å². The number of hydrogen-bond acceptors (Lipinski definition) is 3. The quantitative estimate of drug-likeness (QED) is 0.937. The van der Waals surface area contributed by atoms with Gasteiger partial charge in [0.2, 0.25) is 0 Å². The predicted molar refractivity (Wildman–Crippen MR) is 92.5 cm³/mol. The molecule has 6 nitrogen and oxygen atoms in total. The molecule has 1 aliphatic heterocycles. The smallest absolute Gasteiger partial charge is 0.317 e. The molecule has 6 heteroatoms. The fraction of sp³-hybridized carbons (Fsp3) is 0.444. The third kappa shape index (κ3) is 3.76. The van der Waals surface area contributed by atoms with Gasteiger partial charge in [0.1, 0.15) is 0 Å². The summed E-state index contributed by atoms with van der Waals surface area (Å²) >= 11 is 0. The van der Waals surface area contributed by atoms with Gasteiger partial charge in [0, 0.05) is 51.1 Å². The Morgan fingerprint density at radius 2 is 2.17 bits per heavy atom. The predicted octanol–water partition coefficient (Wildman–Crippen LogP) is 2.41. The summed E-state index contributed by atoms with van der Waals surface area (Å²) in [6.45, 7) is 1.90. The van der Waals surface area contributed by atoms with Crippen LogP contribution in [-0.4, -0.2) is 47.0 Å². The summed E-state index contributed by atoms with van der Waals surface area (Å²) in [6.07, 6.45) is 4.09. The molecular formula is C18H24N4O2. The fourth-order valence-corrected chi connectivity index (χ4v) is 3.10. The van der Waals surface area contributed by atoms with E-state index in [-0.39, 0.29) is 12.1 Å². The first-order chi connectivity index (χ1) is 11.7. The van der Waals surface area contributed by atoms with Crippen molar-refractivity contribution in [2.45, 2.75) is 25.5 Å². The summed E-state index contributed by atoms with van der Waals surface area (Å²) in [5.41, 5.74) is 2.98. The van der Waals surface area contributed by atoms with Crippen LogP contribution < -0.4 is 5.32 Å². The van der Waals surface area contributed by atoms with Crippen molar-refractivity contribution in [3.8, 4) is 11.3 Å². The molecule has 24 heavy (non-hydrogen) atoms. The number of piperidine rings is 1. The van der Waals surface area contributed by atoms with Crippen LogP contribution in [-0.2, 0) is 18.3 Å². The van der Waals surface area contributed by atoms with Gasteiger partial charge in [0.05, 0.1) is 11.8 Å². The van der Waals surface area contributed by atoms with Crippen molar-refractivity contribution in [2.24, 2.45) is 7.05 Å². The van der Waals surface area contributed by atoms with Crippen LogP contribution in [0.5, 0.6) is 0 Å². The zero-order valence-corrected chi connectivity index (χ0v) is 14.2. The Hall–Kier alpha value is -2.34. The van der Waals surface area contributed by atoms with E-state index in [0.29, 0.717) is 13.1 Å². The van der Waals surface area contributed by atoms with Crippen LogP contribution in [0.4, 0.5) is 4.79 Å². The van der Waals surface area contributed by atoms with Gasteiger partial charge in [-0.2, -0.15) is 5.10 Å². The molecule has 0 bridgehead atoms. The Morgan fingerprint density at radius 3 is 2.92 bits per heavy atom. The van der Waals surface area contributed by atoms with Gasteiger partial charge in [-0.05, 0) is 12.8 Å². The molecule has 0 radical (unpaired) electrons. The monoisotopic (exact) mass is 328 g/mol. The molecule has 3 rings (SSSR count). The maximum absolute atomic E-state index is 12.4. The number of aromatic nitrogens is 2. The lowest BCUT2D eigenvalue weighted by atomic mass is 10.1. The summed E-state index contributed by atoms with van der Waals surface area (Å²) in [5.74, 6) is 0.